The van der Waals surface area contributed by atoms with Crippen LogP contribution in [0.4, 0.5) is 5.82 Å². The van der Waals surface area contributed by atoms with Crippen LogP contribution in [0.5, 0.6) is 0 Å². The molecule has 0 unspecified atom stereocenters. The highest BCUT2D eigenvalue weighted by Gasteiger charge is 2.18. The topological polar surface area (TPSA) is 94.3 Å². The van der Waals surface area contributed by atoms with Crippen LogP contribution in [-0.4, -0.2) is 33.2 Å². The molecule has 2 heterocycles. The van der Waals surface area contributed by atoms with Crippen LogP contribution >= 0.6 is 15.9 Å². The first-order chi connectivity index (χ1) is 8.97. The second-order valence-electron chi connectivity index (χ2n) is 4.48. The van der Waals surface area contributed by atoms with Gasteiger partial charge in [0.25, 0.3) is 0 Å². The van der Waals surface area contributed by atoms with E-state index in [4.69, 9.17) is 9.88 Å². The summed E-state index contributed by atoms with van der Waals surface area (Å²) in [6, 6.07) is 1.45. The first kappa shape index (κ1) is 14.7. The van der Waals surface area contributed by atoms with Crippen LogP contribution in [0.25, 0.3) is 0 Å². The number of anilines is 1. The van der Waals surface area contributed by atoms with Gasteiger partial charge in [0.05, 0.1) is 0 Å². The Kier molecular flexibility index (Phi) is 4.77. The number of pyridine rings is 1. The van der Waals surface area contributed by atoms with Gasteiger partial charge in [-0.25, -0.2) is 18.5 Å². The minimum absolute atomic E-state index is 0.00827. The number of sulfonamides is 1. The molecule has 19 heavy (non-hydrogen) atoms. The fourth-order valence-electron chi connectivity index (χ4n) is 1.96. The van der Waals surface area contributed by atoms with Crippen molar-refractivity contribution in [2.45, 2.75) is 17.7 Å². The van der Waals surface area contributed by atoms with Gasteiger partial charge in [-0.2, -0.15) is 0 Å². The Labute approximate surface area is 120 Å². The van der Waals surface area contributed by atoms with Crippen LogP contribution in [0.15, 0.2) is 21.6 Å². The van der Waals surface area contributed by atoms with Gasteiger partial charge in [0.2, 0.25) is 10.0 Å². The van der Waals surface area contributed by atoms with E-state index in [1.807, 2.05) is 0 Å². The lowest BCUT2D eigenvalue weighted by Crippen LogP contribution is -2.24. The molecule has 106 valence electrons. The maximum absolute atomic E-state index is 11.5. The Bertz CT molecular complexity index is 544. The second kappa shape index (κ2) is 6.17. The van der Waals surface area contributed by atoms with Crippen molar-refractivity contribution in [2.24, 2.45) is 11.1 Å². The van der Waals surface area contributed by atoms with Crippen LogP contribution in [0.1, 0.15) is 12.8 Å². The van der Waals surface area contributed by atoms with Crippen molar-refractivity contribution >= 4 is 31.8 Å². The van der Waals surface area contributed by atoms with E-state index >= 15 is 0 Å². The van der Waals surface area contributed by atoms with Crippen LogP contribution in [0.3, 0.4) is 0 Å². The summed E-state index contributed by atoms with van der Waals surface area (Å²) in [5, 5.41) is 8.26. The van der Waals surface area contributed by atoms with Gasteiger partial charge in [-0.1, -0.05) is 0 Å². The third-order valence-corrected chi connectivity index (χ3v) is 4.38. The van der Waals surface area contributed by atoms with E-state index in [9.17, 15) is 8.42 Å². The van der Waals surface area contributed by atoms with Gasteiger partial charge in [-0.05, 0) is 40.8 Å². The summed E-state index contributed by atoms with van der Waals surface area (Å²) in [4.78, 5) is 4.09. The predicted molar refractivity (Wildman–Crippen MR) is 75.3 cm³/mol. The zero-order valence-electron chi connectivity index (χ0n) is 10.3. The van der Waals surface area contributed by atoms with Gasteiger partial charge >= 0.3 is 0 Å². The van der Waals surface area contributed by atoms with Crippen LogP contribution in [0.2, 0.25) is 0 Å². The molecule has 1 aromatic heterocycles. The number of hydrogen-bond donors (Lipinski definition) is 2. The average molecular weight is 350 g/mol. The Balaban J connectivity index is 2.11. The first-order valence-corrected chi connectivity index (χ1v) is 8.30. The Morgan fingerprint density at radius 3 is 2.79 bits per heavy atom. The zero-order chi connectivity index (χ0) is 13.9. The Hall–Kier alpha value is -0.700. The molecule has 0 atom stereocenters. The third kappa shape index (κ3) is 4.13. The van der Waals surface area contributed by atoms with E-state index in [1.165, 1.54) is 6.07 Å². The molecule has 2 rings (SSSR count). The van der Waals surface area contributed by atoms with Crippen molar-refractivity contribution in [3.63, 3.8) is 0 Å². The van der Waals surface area contributed by atoms with Crippen molar-refractivity contribution in [3.05, 3.63) is 16.7 Å². The van der Waals surface area contributed by atoms with E-state index in [0.29, 0.717) is 22.8 Å². The predicted octanol–water partition coefficient (Wildman–Crippen LogP) is 1.33. The molecule has 1 aliphatic rings. The number of hydrogen-bond acceptors (Lipinski definition) is 5. The highest BCUT2D eigenvalue weighted by molar-refractivity contribution is 9.10. The summed E-state index contributed by atoms with van der Waals surface area (Å²) in [5.74, 6) is 0.768. The quantitative estimate of drug-likeness (QED) is 0.854. The summed E-state index contributed by atoms with van der Waals surface area (Å²) in [7, 11) is -3.79. The van der Waals surface area contributed by atoms with Gasteiger partial charge in [0.15, 0.2) is 0 Å². The van der Waals surface area contributed by atoms with Gasteiger partial charge in [-0.15, -0.1) is 0 Å². The Morgan fingerprint density at radius 1 is 1.47 bits per heavy atom. The lowest BCUT2D eigenvalue weighted by Gasteiger charge is -2.22. The lowest BCUT2D eigenvalue weighted by atomic mass is 10.0. The van der Waals surface area contributed by atoms with Gasteiger partial charge < -0.3 is 10.1 Å². The largest absolute Gasteiger partial charge is 0.381 e. The van der Waals surface area contributed by atoms with Crippen molar-refractivity contribution < 1.29 is 13.2 Å². The minimum Gasteiger partial charge on any atom is -0.381 e. The van der Waals surface area contributed by atoms with Gasteiger partial charge in [0.1, 0.15) is 10.7 Å². The summed E-state index contributed by atoms with van der Waals surface area (Å²) < 4.78 is 28.9. The summed E-state index contributed by atoms with van der Waals surface area (Å²) >= 11 is 3.19. The SMILES string of the molecule is NS(=O)(=O)c1cc(Br)cnc1NCC1CCOCC1. The number of ether oxygens (including phenoxy) is 1. The van der Waals surface area contributed by atoms with Crippen molar-refractivity contribution in [1.29, 1.82) is 0 Å². The molecule has 0 spiro atoms. The molecular weight excluding hydrogens is 334 g/mol. The fourth-order valence-corrected chi connectivity index (χ4v) is 3.13. The molecular formula is C11H16BrN3O3S. The number of primary sulfonamides is 1. The van der Waals surface area contributed by atoms with Gasteiger partial charge in [0, 0.05) is 30.4 Å². The number of nitrogens with zero attached hydrogens (tertiary/aromatic N) is 1. The summed E-state index contributed by atoms with van der Waals surface area (Å²) in [6.07, 6.45) is 3.48. The molecule has 1 aromatic rings. The molecule has 1 fully saturated rings. The normalized spacial score (nSPS) is 17.4. The molecule has 8 heteroatoms. The average Bonchev–Trinajstić information content (AvgIpc) is 2.37. The standard InChI is InChI=1S/C11H16BrN3O3S/c12-9-5-10(19(13,16)17)11(15-7-9)14-6-8-1-3-18-4-2-8/h5,7-8H,1-4,6H2,(H,14,15)(H2,13,16,17). The number of nitrogens with one attached hydrogen (secondary N) is 1. The molecule has 1 saturated heterocycles. The molecule has 1 aliphatic heterocycles. The van der Waals surface area contributed by atoms with Crippen LogP contribution in [-0.2, 0) is 14.8 Å². The van der Waals surface area contributed by atoms with Crippen LogP contribution in [0, 0.1) is 5.92 Å². The molecule has 0 radical (unpaired) electrons. The third-order valence-electron chi connectivity index (χ3n) is 3.02. The molecule has 0 bridgehead atoms. The maximum atomic E-state index is 11.5. The zero-order valence-corrected chi connectivity index (χ0v) is 12.7. The molecule has 0 amide bonds. The van der Waals surface area contributed by atoms with Crippen LogP contribution < -0.4 is 10.5 Å². The van der Waals surface area contributed by atoms with Crippen molar-refractivity contribution in [1.82, 2.24) is 4.98 Å². The first-order valence-electron chi connectivity index (χ1n) is 5.97. The number of rotatable bonds is 4. The van der Waals surface area contributed by atoms with Crippen molar-refractivity contribution in [2.75, 3.05) is 25.1 Å². The summed E-state index contributed by atoms with van der Waals surface area (Å²) in [6.45, 7) is 2.17. The number of nitrogens with two attached hydrogens (primary N) is 1. The molecule has 0 aliphatic carbocycles. The van der Waals surface area contributed by atoms with Crippen molar-refractivity contribution in [3.8, 4) is 0 Å². The second-order valence-corrected chi connectivity index (χ2v) is 6.93. The lowest BCUT2D eigenvalue weighted by molar-refractivity contribution is 0.0699. The van der Waals surface area contributed by atoms with E-state index < -0.39 is 10.0 Å². The molecule has 0 aromatic carbocycles. The van der Waals surface area contributed by atoms with E-state index in [0.717, 1.165) is 26.1 Å². The monoisotopic (exact) mass is 349 g/mol. The van der Waals surface area contributed by atoms with E-state index in [2.05, 4.69) is 26.2 Å². The van der Waals surface area contributed by atoms with Gasteiger partial charge in [-0.3, -0.25) is 0 Å². The molecule has 6 nitrogen and oxygen atoms in total. The maximum Gasteiger partial charge on any atom is 0.241 e. The fraction of sp³-hybridized carbons (Fsp3) is 0.545. The summed E-state index contributed by atoms with van der Waals surface area (Å²) in [5.41, 5.74) is 0. The minimum atomic E-state index is -3.79. The smallest absolute Gasteiger partial charge is 0.241 e. The number of halogens is 1. The number of aromatic nitrogens is 1. The Morgan fingerprint density at radius 2 is 2.16 bits per heavy atom. The highest BCUT2D eigenvalue weighted by atomic mass is 79.9. The molecule has 3 N–H and O–H groups in total. The van der Waals surface area contributed by atoms with E-state index in [1.54, 1.807) is 6.20 Å². The molecule has 0 saturated carbocycles. The highest BCUT2D eigenvalue weighted by Crippen LogP contribution is 2.23. The van der Waals surface area contributed by atoms with E-state index in [-0.39, 0.29) is 4.90 Å².